The van der Waals surface area contributed by atoms with Crippen LogP contribution in [0.2, 0.25) is 0 Å². The molecule has 0 atom stereocenters. The molecule has 0 spiro atoms. The Kier molecular flexibility index (Phi) is 3.74. The van der Waals surface area contributed by atoms with Crippen LogP contribution < -0.4 is 5.32 Å². The first-order chi connectivity index (χ1) is 6.03. The van der Waals surface area contributed by atoms with E-state index in [2.05, 4.69) is 38.0 Å². The highest BCUT2D eigenvalue weighted by molar-refractivity contribution is 4.83. The van der Waals surface area contributed by atoms with E-state index in [1.165, 1.54) is 19.4 Å². The van der Waals surface area contributed by atoms with E-state index in [9.17, 15) is 0 Å². The molecule has 0 heterocycles. The maximum absolute atomic E-state index is 3.50. The van der Waals surface area contributed by atoms with Gasteiger partial charge in [0.1, 0.15) is 0 Å². The Morgan fingerprint density at radius 3 is 2.46 bits per heavy atom. The van der Waals surface area contributed by atoms with Gasteiger partial charge in [0, 0.05) is 18.6 Å². The van der Waals surface area contributed by atoms with E-state index < -0.39 is 0 Å². The lowest BCUT2D eigenvalue weighted by molar-refractivity contribution is 0.231. The molecule has 13 heavy (non-hydrogen) atoms. The van der Waals surface area contributed by atoms with Crippen molar-refractivity contribution in [3.05, 3.63) is 0 Å². The molecule has 0 aromatic rings. The molecule has 0 radical (unpaired) electrons. The van der Waals surface area contributed by atoms with Gasteiger partial charge in [-0.1, -0.05) is 6.92 Å². The molecule has 0 saturated heterocycles. The first-order valence-corrected chi connectivity index (χ1v) is 5.47. The Bertz CT molecular complexity index is 150. The lowest BCUT2D eigenvalue weighted by atomic mass is 10.1. The van der Waals surface area contributed by atoms with Gasteiger partial charge < -0.3 is 10.2 Å². The Balaban J connectivity index is 2.19. The van der Waals surface area contributed by atoms with Crippen molar-refractivity contribution in [2.24, 2.45) is 5.92 Å². The summed E-state index contributed by atoms with van der Waals surface area (Å²) in [7, 11) is 2.23. The molecule has 1 fully saturated rings. The van der Waals surface area contributed by atoms with E-state index in [0.29, 0.717) is 0 Å². The van der Waals surface area contributed by atoms with Crippen LogP contribution in [0.15, 0.2) is 0 Å². The smallest absolute Gasteiger partial charge is 0.0251 e. The van der Waals surface area contributed by atoms with Crippen LogP contribution >= 0.6 is 0 Å². The SMILES string of the molecule is CCNC(C)(C)CN(C)CC1CC1. The highest BCUT2D eigenvalue weighted by Crippen LogP contribution is 2.29. The molecule has 1 aliphatic rings. The fourth-order valence-corrected chi connectivity index (χ4v) is 2.01. The van der Waals surface area contributed by atoms with Gasteiger partial charge in [0.15, 0.2) is 0 Å². The summed E-state index contributed by atoms with van der Waals surface area (Å²) in [4.78, 5) is 2.46. The first kappa shape index (κ1) is 11.0. The average molecular weight is 184 g/mol. The van der Waals surface area contributed by atoms with Gasteiger partial charge in [0.2, 0.25) is 0 Å². The summed E-state index contributed by atoms with van der Waals surface area (Å²) in [6.45, 7) is 10.2. The molecule has 0 aliphatic heterocycles. The van der Waals surface area contributed by atoms with Crippen LogP contribution in [-0.2, 0) is 0 Å². The van der Waals surface area contributed by atoms with Crippen molar-refractivity contribution in [3.63, 3.8) is 0 Å². The molecule has 1 rings (SSSR count). The molecule has 2 heteroatoms. The Morgan fingerprint density at radius 1 is 1.38 bits per heavy atom. The van der Waals surface area contributed by atoms with Crippen LogP contribution in [0.3, 0.4) is 0 Å². The molecule has 78 valence electrons. The fourth-order valence-electron chi connectivity index (χ4n) is 2.01. The van der Waals surface area contributed by atoms with Crippen molar-refractivity contribution in [2.45, 2.75) is 39.2 Å². The van der Waals surface area contributed by atoms with Crippen molar-refractivity contribution in [2.75, 3.05) is 26.7 Å². The van der Waals surface area contributed by atoms with Gasteiger partial charge in [-0.15, -0.1) is 0 Å². The largest absolute Gasteiger partial charge is 0.311 e. The Morgan fingerprint density at radius 2 is 2.00 bits per heavy atom. The number of hydrogen-bond donors (Lipinski definition) is 1. The summed E-state index contributed by atoms with van der Waals surface area (Å²) in [5, 5.41) is 3.50. The number of nitrogens with one attached hydrogen (secondary N) is 1. The summed E-state index contributed by atoms with van der Waals surface area (Å²) in [6.07, 6.45) is 2.90. The molecule has 0 amide bonds. The van der Waals surface area contributed by atoms with Gasteiger partial charge in [-0.05, 0) is 46.2 Å². The van der Waals surface area contributed by atoms with E-state index in [4.69, 9.17) is 0 Å². The monoisotopic (exact) mass is 184 g/mol. The summed E-state index contributed by atoms with van der Waals surface area (Å²) in [5.41, 5.74) is 0.262. The van der Waals surface area contributed by atoms with Crippen LogP contribution in [0.1, 0.15) is 33.6 Å². The number of likely N-dealkylation sites (N-methyl/N-ethyl adjacent to an activating group) is 2. The second-order valence-corrected chi connectivity index (χ2v) is 5.05. The molecule has 1 saturated carbocycles. The van der Waals surface area contributed by atoms with Crippen LogP contribution in [0.25, 0.3) is 0 Å². The Hall–Kier alpha value is -0.0800. The van der Waals surface area contributed by atoms with Crippen LogP contribution in [0.5, 0.6) is 0 Å². The standard InChI is InChI=1S/C11H24N2/c1-5-12-11(2,3)9-13(4)8-10-6-7-10/h10,12H,5-9H2,1-4H3. The van der Waals surface area contributed by atoms with Gasteiger partial charge in [-0.3, -0.25) is 0 Å². The highest BCUT2D eigenvalue weighted by Gasteiger charge is 2.25. The quantitative estimate of drug-likeness (QED) is 0.676. The minimum absolute atomic E-state index is 0.262. The van der Waals surface area contributed by atoms with Crippen molar-refractivity contribution in [1.82, 2.24) is 10.2 Å². The third-order valence-electron chi connectivity index (χ3n) is 2.59. The minimum atomic E-state index is 0.262. The number of nitrogens with zero attached hydrogens (tertiary/aromatic N) is 1. The lowest BCUT2D eigenvalue weighted by Gasteiger charge is -2.31. The van der Waals surface area contributed by atoms with E-state index in [1.807, 2.05) is 0 Å². The van der Waals surface area contributed by atoms with Crippen LogP contribution in [0, 0.1) is 5.92 Å². The van der Waals surface area contributed by atoms with Crippen molar-refractivity contribution >= 4 is 0 Å². The summed E-state index contributed by atoms with van der Waals surface area (Å²) >= 11 is 0. The van der Waals surface area contributed by atoms with Crippen LogP contribution in [0.4, 0.5) is 0 Å². The molecule has 0 bridgehead atoms. The highest BCUT2D eigenvalue weighted by atomic mass is 15.1. The third kappa shape index (κ3) is 4.63. The van der Waals surface area contributed by atoms with E-state index in [0.717, 1.165) is 19.0 Å². The summed E-state index contributed by atoms with van der Waals surface area (Å²) in [5.74, 6) is 1.00. The Labute approximate surface area is 82.7 Å². The van der Waals surface area contributed by atoms with E-state index in [1.54, 1.807) is 0 Å². The molecule has 1 N–H and O–H groups in total. The average Bonchev–Trinajstić information content (AvgIpc) is 2.68. The van der Waals surface area contributed by atoms with Gasteiger partial charge in [0.25, 0.3) is 0 Å². The fraction of sp³-hybridized carbons (Fsp3) is 1.00. The molecule has 0 aromatic heterocycles. The van der Waals surface area contributed by atoms with Gasteiger partial charge in [0.05, 0.1) is 0 Å². The molecular formula is C11H24N2. The van der Waals surface area contributed by atoms with E-state index >= 15 is 0 Å². The molecule has 0 unspecified atom stereocenters. The minimum Gasteiger partial charge on any atom is -0.311 e. The number of hydrogen-bond acceptors (Lipinski definition) is 2. The normalized spacial score (nSPS) is 18.2. The third-order valence-corrected chi connectivity index (χ3v) is 2.59. The predicted octanol–water partition coefficient (Wildman–Crippen LogP) is 1.72. The topological polar surface area (TPSA) is 15.3 Å². The van der Waals surface area contributed by atoms with Gasteiger partial charge in [-0.25, -0.2) is 0 Å². The van der Waals surface area contributed by atoms with Gasteiger partial charge >= 0.3 is 0 Å². The molecular weight excluding hydrogens is 160 g/mol. The van der Waals surface area contributed by atoms with E-state index in [-0.39, 0.29) is 5.54 Å². The predicted molar refractivity (Wildman–Crippen MR) is 58.0 cm³/mol. The zero-order chi connectivity index (χ0) is 9.90. The molecule has 1 aliphatic carbocycles. The first-order valence-electron chi connectivity index (χ1n) is 5.47. The van der Waals surface area contributed by atoms with Crippen LogP contribution in [-0.4, -0.2) is 37.1 Å². The summed E-state index contributed by atoms with van der Waals surface area (Å²) < 4.78 is 0. The second-order valence-electron chi connectivity index (χ2n) is 5.05. The molecule has 2 nitrogen and oxygen atoms in total. The lowest BCUT2D eigenvalue weighted by Crippen LogP contribution is -2.48. The maximum Gasteiger partial charge on any atom is 0.0251 e. The summed E-state index contributed by atoms with van der Waals surface area (Å²) in [6, 6.07) is 0. The maximum atomic E-state index is 3.50. The zero-order valence-corrected chi connectivity index (χ0v) is 9.56. The van der Waals surface area contributed by atoms with Crippen molar-refractivity contribution in [1.29, 1.82) is 0 Å². The number of rotatable bonds is 6. The second kappa shape index (κ2) is 4.43. The zero-order valence-electron chi connectivity index (χ0n) is 9.56. The van der Waals surface area contributed by atoms with Crippen molar-refractivity contribution in [3.8, 4) is 0 Å². The van der Waals surface area contributed by atoms with Crippen molar-refractivity contribution < 1.29 is 0 Å². The molecule has 0 aromatic carbocycles. The van der Waals surface area contributed by atoms with Gasteiger partial charge in [-0.2, -0.15) is 0 Å².